The van der Waals surface area contributed by atoms with Crippen LogP contribution in [0.2, 0.25) is 0 Å². The molecule has 29 heavy (non-hydrogen) atoms. The topological polar surface area (TPSA) is 145 Å². The molecule has 3 N–H and O–H groups in total. The Morgan fingerprint density at radius 3 is 2.59 bits per heavy atom. The number of hydrogen-bond acceptors (Lipinski definition) is 6. The van der Waals surface area contributed by atoms with E-state index < -0.39 is 34.9 Å². The van der Waals surface area contributed by atoms with Crippen LogP contribution in [-0.4, -0.2) is 29.3 Å². The molecule has 1 fully saturated rings. The molecule has 0 radical (unpaired) electrons. The first-order valence-electron chi connectivity index (χ1n) is 8.09. The number of nitro benzene ring substituents is 1. The van der Waals surface area contributed by atoms with Crippen LogP contribution in [0.25, 0.3) is 6.08 Å². The normalized spacial score (nSPS) is 14.8. The summed E-state index contributed by atoms with van der Waals surface area (Å²) in [5, 5.41) is 12.5. The van der Waals surface area contributed by atoms with Crippen molar-refractivity contribution in [3.63, 3.8) is 0 Å². The van der Waals surface area contributed by atoms with Gasteiger partial charge in [-0.3, -0.25) is 29.9 Å². The van der Waals surface area contributed by atoms with E-state index in [0.717, 1.165) is 11.1 Å². The van der Waals surface area contributed by atoms with E-state index in [1.54, 1.807) is 30.3 Å². The van der Waals surface area contributed by atoms with E-state index in [4.69, 9.17) is 10.5 Å². The Morgan fingerprint density at radius 2 is 1.97 bits per heavy atom. The second kappa shape index (κ2) is 8.10. The highest BCUT2D eigenvalue weighted by atomic mass is 79.9. The number of nitro groups is 1. The lowest BCUT2D eigenvalue weighted by molar-refractivity contribution is -0.385. The van der Waals surface area contributed by atoms with Crippen molar-refractivity contribution in [3.05, 3.63) is 68.2 Å². The number of nitrogens with zero attached hydrogens (tertiary/aromatic N) is 2. The van der Waals surface area contributed by atoms with Crippen molar-refractivity contribution in [2.75, 3.05) is 11.6 Å². The Morgan fingerprint density at radius 1 is 1.28 bits per heavy atom. The first-order chi connectivity index (χ1) is 13.8. The second-order valence-corrected chi connectivity index (χ2v) is 6.69. The summed E-state index contributed by atoms with van der Waals surface area (Å²) in [7, 11) is 0. The van der Waals surface area contributed by atoms with E-state index in [-0.39, 0.29) is 21.4 Å². The lowest BCUT2D eigenvalue weighted by Crippen LogP contribution is -2.35. The maximum absolute atomic E-state index is 12.6. The van der Waals surface area contributed by atoms with Crippen LogP contribution in [0.4, 0.5) is 11.4 Å². The van der Waals surface area contributed by atoms with Crippen LogP contribution in [0.3, 0.4) is 0 Å². The number of anilines is 1. The first kappa shape index (κ1) is 20.0. The number of nitrogens with two attached hydrogens (primary N) is 1. The van der Waals surface area contributed by atoms with E-state index in [0.29, 0.717) is 5.69 Å². The summed E-state index contributed by atoms with van der Waals surface area (Å²) < 4.78 is 5.25. The molecule has 1 aliphatic heterocycles. The molecule has 1 saturated heterocycles. The number of nitrogens with one attached hydrogen (secondary N) is 1. The molecule has 10 nitrogen and oxygen atoms in total. The summed E-state index contributed by atoms with van der Waals surface area (Å²) in [5.74, 6) is -2.24. The van der Waals surface area contributed by atoms with Crippen molar-refractivity contribution in [1.82, 2.24) is 5.43 Å². The predicted octanol–water partition coefficient (Wildman–Crippen LogP) is 1.68. The molecule has 3 rings (SSSR count). The number of para-hydroxylation sites is 1. The lowest BCUT2D eigenvalue weighted by atomic mass is 10.1. The van der Waals surface area contributed by atoms with Crippen molar-refractivity contribution in [2.24, 2.45) is 5.73 Å². The summed E-state index contributed by atoms with van der Waals surface area (Å²) in [4.78, 5) is 46.5. The Bertz CT molecular complexity index is 1050. The molecule has 0 saturated carbocycles. The van der Waals surface area contributed by atoms with E-state index in [2.05, 4.69) is 21.4 Å². The van der Waals surface area contributed by atoms with Crippen molar-refractivity contribution < 1.29 is 24.0 Å². The van der Waals surface area contributed by atoms with Crippen LogP contribution in [-0.2, 0) is 14.4 Å². The molecule has 1 heterocycles. The molecule has 0 atom stereocenters. The SMILES string of the molecule is NC(=O)COc1c(Br)cc(/C=C2/C(=O)NN(c3ccccc3)C2=O)cc1[N+](=O)[O-]. The lowest BCUT2D eigenvalue weighted by Gasteiger charge is -2.13. The zero-order valence-corrected chi connectivity index (χ0v) is 16.2. The Balaban J connectivity index is 1.97. The highest BCUT2D eigenvalue weighted by Crippen LogP contribution is 2.37. The maximum Gasteiger partial charge on any atom is 0.312 e. The number of hydrazine groups is 1. The van der Waals surface area contributed by atoms with Gasteiger partial charge in [0, 0.05) is 6.07 Å². The van der Waals surface area contributed by atoms with Crippen LogP contribution in [0, 0.1) is 10.1 Å². The van der Waals surface area contributed by atoms with Gasteiger partial charge in [-0.1, -0.05) is 18.2 Å². The molecular weight excluding hydrogens is 448 g/mol. The third-order valence-electron chi connectivity index (χ3n) is 3.82. The average Bonchev–Trinajstić information content (AvgIpc) is 2.95. The van der Waals surface area contributed by atoms with Crippen molar-refractivity contribution in [1.29, 1.82) is 0 Å². The Kier molecular flexibility index (Phi) is 5.59. The van der Waals surface area contributed by atoms with E-state index in [9.17, 15) is 24.5 Å². The van der Waals surface area contributed by atoms with Gasteiger partial charge in [-0.25, -0.2) is 5.01 Å². The van der Waals surface area contributed by atoms with Crippen molar-refractivity contribution >= 4 is 51.1 Å². The van der Waals surface area contributed by atoms with Gasteiger partial charge in [0.1, 0.15) is 5.57 Å². The van der Waals surface area contributed by atoms with Gasteiger partial charge in [0.05, 0.1) is 15.1 Å². The molecule has 0 spiro atoms. The number of benzene rings is 2. The second-order valence-electron chi connectivity index (χ2n) is 5.84. The highest BCUT2D eigenvalue weighted by Gasteiger charge is 2.34. The first-order valence-corrected chi connectivity index (χ1v) is 8.88. The van der Waals surface area contributed by atoms with Gasteiger partial charge in [-0.2, -0.15) is 0 Å². The third-order valence-corrected chi connectivity index (χ3v) is 4.41. The molecular formula is C18H13BrN4O6. The smallest absolute Gasteiger partial charge is 0.312 e. The minimum Gasteiger partial charge on any atom is -0.476 e. The Hall–Kier alpha value is -3.73. The molecule has 148 valence electrons. The van der Waals surface area contributed by atoms with Gasteiger partial charge in [0.15, 0.2) is 6.61 Å². The number of ether oxygens (including phenoxy) is 1. The van der Waals surface area contributed by atoms with Gasteiger partial charge in [0.2, 0.25) is 5.75 Å². The van der Waals surface area contributed by atoms with Crippen LogP contribution < -0.4 is 20.9 Å². The van der Waals surface area contributed by atoms with Crippen LogP contribution in [0.1, 0.15) is 5.56 Å². The molecule has 11 heteroatoms. The standard InChI is InChI=1S/C18H13BrN4O6/c19-13-7-10(8-14(23(27)28)16(13)29-9-15(20)24)6-12-17(25)21-22(18(12)26)11-4-2-1-3-5-11/h1-8H,9H2,(H2,20,24)(H,21,25)/b12-6-. The van der Waals surface area contributed by atoms with Crippen LogP contribution >= 0.6 is 15.9 Å². The maximum atomic E-state index is 12.6. The largest absolute Gasteiger partial charge is 0.476 e. The summed E-state index contributed by atoms with van der Waals surface area (Å²) in [6, 6.07) is 11.0. The van der Waals surface area contributed by atoms with E-state index in [1.165, 1.54) is 12.1 Å². The fourth-order valence-electron chi connectivity index (χ4n) is 2.59. The van der Waals surface area contributed by atoms with E-state index in [1.807, 2.05) is 0 Å². The summed E-state index contributed by atoms with van der Waals surface area (Å²) in [6.45, 7) is -0.549. The summed E-state index contributed by atoms with van der Waals surface area (Å²) >= 11 is 3.14. The van der Waals surface area contributed by atoms with Crippen LogP contribution in [0.5, 0.6) is 5.75 Å². The minimum absolute atomic E-state index is 0.158. The molecule has 3 amide bonds. The van der Waals surface area contributed by atoms with Crippen molar-refractivity contribution in [3.8, 4) is 5.75 Å². The van der Waals surface area contributed by atoms with Crippen LogP contribution in [0.15, 0.2) is 52.5 Å². The fourth-order valence-corrected chi connectivity index (χ4v) is 3.17. The number of carbonyl (C=O) groups excluding carboxylic acids is 3. The minimum atomic E-state index is -0.799. The monoisotopic (exact) mass is 460 g/mol. The molecule has 0 aromatic heterocycles. The number of hydrogen-bond donors (Lipinski definition) is 2. The zero-order chi connectivity index (χ0) is 21.1. The number of primary amides is 1. The van der Waals surface area contributed by atoms with Crippen molar-refractivity contribution in [2.45, 2.75) is 0 Å². The molecule has 0 bridgehead atoms. The van der Waals surface area contributed by atoms with Gasteiger partial charge >= 0.3 is 5.69 Å². The van der Waals surface area contributed by atoms with Gasteiger partial charge in [-0.05, 0) is 45.8 Å². The molecule has 0 unspecified atom stereocenters. The quantitative estimate of drug-likeness (QED) is 0.290. The summed E-state index contributed by atoms with van der Waals surface area (Å²) in [6.07, 6.45) is 1.23. The molecule has 1 aliphatic rings. The fraction of sp³-hybridized carbons (Fsp3) is 0.0556. The number of halogens is 1. The zero-order valence-electron chi connectivity index (χ0n) is 14.6. The number of rotatable bonds is 6. The Labute approximate surface area is 172 Å². The van der Waals surface area contributed by atoms with E-state index >= 15 is 0 Å². The summed E-state index contributed by atoms with van der Waals surface area (Å²) in [5.41, 5.74) is 7.47. The van der Waals surface area contributed by atoms with Gasteiger partial charge in [0.25, 0.3) is 17.7 Å². The molecule has 2 aromatic rings. The number of amides is 3. The third kappa shape index (κ3) is 4.24. The molecule has 2 aromatic carbocycles. The number of carbonyl (C=O) groups is 3. The average molecular weight is 461 g/mol. The highest BCUT2D eigenvalue weighted by molar-refractivity contribution is 9.10. The molecule has 0 aliphatic carbocycles. The van der Waals surface area contributed by atoms with Gasteiger partial charge in [-0.15, -0.1) is 0 Å². The van der Waals surface area contributed by atoms with Gasteiger partial charge < -0.3 is 10.5 Å². The predicted molar refractivity (Wildman–Crippen MR) is 106 cm³/mol.